The van der Waals surface area contributed by atoms with E-state index >= 15 is 0 Å². The summed E-state index contributed by atoms with van der Waals surface area (Å²) < 4.78 is 12.8. The topological polar surface area (TPSA) is 44.4 Å². The van der Waals surface area contributed by atoms with E-state index in [1.807, 2.05) is 7.05 Å². The smallest absolute Gasteiger partial charge is 0.238 e. The summed E-state index contributed by atoms with van der Waals surface area (Å²) in [5.41, 5.74) is 0.634. The van der Waals surface area contributed by atoms with Gasteiger partial charge in [-0.3, -0.25) is 9.69 Å². The molecule has 1 amide bonds. The van der Waals surface area contributed by atoms with Gasteiger partial charge in [0.15, 0.2) is 0 Å². The number of nitrogens with one attached hydrogen (secondary N) is 2. The Morgan fingerprint density at radius 2 is 2.10 bits per heavy atom. The van der Waals surface area contributed by atoms with Crippen molar-refractivity contribution in [2.75, 3.05) is 32.0 Å². The van der Waals surface area contributed by atoms with Gasteiger partial charge in [0.2, 0.25) is 5.91 Å². The minimum atomic E-state index is -0.300. The fourth-order valence-electron chi connectivity index (χ4n) is 2.74. The van der Waals surface area contributed by atoms with Crippen LogP contribution < -0.4 is 10.6 Å². The first-order valence-electron chi connectivity index (χ1n) is 7.03. The molecule has 1 aliphatic heterocycles. The number of nitrogens with zero attached hydrogens (tertiary/aromatic N) is 1. The molecular formula is C15H22FN3O. The number of likely N-dealkylation sites (tertiary alicyclic amines) is 1. The Bertz CT molecular complexity index is 449. The molecule has 0 spiro atoms. The van der Waals surface area contributed by atoms with Crippen LogP contribution in [0, 0.1) is 11.7 Å². The van der Waals surface area contributed by atoms with E-state index < -0.39 is 0 Å². The molecule has 1 aromatic carbocycles. The Morgan fingerprint density at radius 1 is 1.40 bits per heavy atom. The summed E-state index contributed by atoms with van der Waals surface area (Å²) in [6, 6.07) is 6.37. The molecule has 0 aliphatic carbocycles. The zero-order valence-corrected chi connectivity index (χ0v) is 12.0. The van der Waals surface area contributed by atoms with Gasteiger partial charge in [0.1, 0.15) is 5.82 Å². The van der Waals surface area contributed by atoms with E-state index in [2.05, 4.69) is 22.5 Å². The lowest BCUT2D eigenvalue weighted by atomic mass is 9.94. The van der Waals surface area contributed by atoms with Gasteiger partial charge >= 0.3 is 0 Å². The summed E-state index contributed by atoms with van der Waals surface area (Å²) in [4.78, 5) is 14.1. The number of carbonyl (C=O) groups excluding carboxylic acids is 1. The van der Waals surface area contributed by atoms with Gasteiger partial charge in [-0.15, -0.1) is 0 Å². The third-order valence-corrected chi connectivity index (χ3v) is 3.86. The Hall–Kier alpha value is -1.46. The Morgan fingerprint density at radius 3 is 2.70 bits per heavy atom. The Kier molecular flexibility index (Phi) is 5.09. The first-order chi connectivity index (χ1) is 9.58. The molecule has 0 aromatic heterocycles. The molecule has 0 bridgehead atoms. The molecule has 2 unspecified atom stereocenters. The van der Waals surface area contributed by atoms with Crippen LogP contribution in [0.3, 0.4) is 0 Å². The normalized spacial score (nSPS) is 23.6. The van der Waals surface area contributed by atoms with Crippen LogP contribution >= 0.6 is 0 Å². The Balaban J connectivity index is 1.81. The molecule has 2 N–H and O–H groups in total. The van der Waals surface area contributed by atoms with Crippen LogP contribution in [-0.4, -0.2) is 43.5 Å². The zero-order chi connectivity index (χ0) is 14.5. The number of carbonyl (C=O) groups is 1. The maximum Gasteiger partial charge on any atom is 0.238 e. The zero-order valence-electron chi connectivity index (χ0n) is 12.0. The van der Waals surface area contributed by atoms with Crippen molar-refractivity contribution in [1.29, 1.82) is 0 Å². The van der Waals surface area contributed by atoms with E-state index in [9.17, 15) is 9.18 Å². The fraction of sp³-hybridized carbons (Fsp3) is 0.533. The summed E-state index contributed by atoms with van der Waals surface area (Å²) in [7, 11) is 1.98. The summed E-state index contributed by atoms with van der Waals surface area (Å²) in [6.45, 7) is 4.43. The van der Waals surface area contributed by atoms with Gasteiger partial charge in [-0.05, 0) is 43.7 Å². The summed E-state index contributed by atoms with van der Waals surface area (Å²) in [6.07, 6.45) is 1.06. The van der Waals surface area contributed by atoms with Gasteiger partial charge in [-0.2, -0.15) is 0 Å². The average molecular weight is 279 g/mol. The molecule has 0 saturated carbocycles. The second-order valence-corrected chi connectivity index (χ2v) is 5.45. The van der Waals surface area contributed by atoms with Crippen molar-refractivity contribution in [3.8, 4) is 0 Å². The number of rotatable bonds is 4. The lowest BCUT2D eigenvalue weighted by Gasteiger charge is -2.36. The maximum absolute atomic E-state index is 12.8. The molecule has 5 heteroatoms. The number of anilines is 1. The van der Waals surface area contributed by atoms with Gasteiger partial charge in [0.05, 0.1) is 6.54 Å². The number of hydrogen-bond donors (Lipinski definition) is 2. The molecule has 0 radical (unpaired) electrons. The molecule has 1 fully saturated rings. The van der Waals surface area contributed by atoms with Crippen molar-refractivity contribution >= 4 is 11.6 Å². The minimum Gasteiger partial charge on any atom is -0.325 e. The highest BCUT2D eigenvalue weighted by Crippen LogP contribution is 2.16. The van der Waals surface area contributed by atoms with E-state index in [1.165, 1.54) is 12.1 Å². The fourth-order valence-corrected chi connectivity index (χ4v) is 2.74. The first-order valence-corrected chi connectivity index (χ1v) is 7.03. The molecule has 1 heterocycles. The van der Waals surface area contributed by atoms with Crippen LogP contribution in [0.2, 0.25) is 0 Å². The summed E-state index contributed by atoms with van der Waals surface area (Å²) in [5, 5.41) is 6.10. The third-order valence-electron chi connectivity index (χ3n) is 3.86. The molecule has 1 saturated heterocycles. The van der Waals surface area contributed by atoms with Crippen LogP contribution in [0.25, 0.3) is 0 Å². The molecule has 4 nitrogen and oxygen atoms in total. The second-order valence-electron chi connectivity index (χ2n) is 5.45. The monoisotopic (exact) mass is 279 g/mol. The van der Waals surface area contributed by atoms with E-state index in [1.54, 1.807) is 12.1 Å². The number of benzene rings is 1. The number of halogens is 1. The first kappa shape index (κ1) is 14.9. The van der Waals surface area contributed by atoms with Gasteiger partial charge in [-0.1, -0.05) is 6.92 Å². The highest BCUT2D eigenvalue weighted by Gasteiger charge is 2.25. The highest BCUT2D eigenvalue weighted by atomic mass is 19.1. The summed E-state index contributed by atoms with van der Waals surface area (Å²) >= 11 is 0. The standard InChI is InChI=1S/C15H22FN3O/c1-11-9-19(8-7-14(11)17-2)10-15(20)18-13-5-3-12(16)4-6-13/h3-6,11,14,17H,7-10H2,1-2H3,(H,18,20). The lowest BCUT2D eigenvalue weighted by molar-refractivity contribution is -0.117. The number of amides is 1. The van der Waals surface area contributed by atoms with Crippen LogP contribution in [0.15, 0.2) is 24.3 Å². The van der Waals surface area contributed by atoms with E-state index in [0.29, 0.717) is 24.2 Å². The highest BCUT2D eigenvalue weighted by molar-refractivity contribution is 5.92. The third kappa shape index (κ3) is 4.02. The van der Waals surface area contributed by atoms with Crippen molar-refractivity contribution in [3.63, 3.8) is 0 Å². The number of piperidine rings is 1. The molecular weight excluding hydrogens is 257 g/mol. The van der Waals surface area contributed by atoms with E-state index in [0.717, 1.165) is 19.5 Å². The number of hydrogen-bond acceptors (Lipinski definition) is 3. The predicted molar refractivity (Wildman–Crippen MR) is 78.1 cm³/mol. The van der Waals surface area contributed by atoms with Crippen molar-refractivity contribution in [2.24, 2.45) is 5.92 Å². The lowest BCUT2D eigenvalue weighted by Crippen LogP contribution is -2.49. The SMILES string of the molecule is CNC1CCN(CC(=O)Nc2ccc(F)cc2)CC1C. The molecule has 2 atom stereocenters. The van der Waals surface area contributed by atoms with Gasteiger partial charge in [0.25, 0.3) is 0 Å². The van der Waals surface area contributed by atoms with Crippen molar-refractivity contribution < 1.29 is 9.18 Å². The molecule has 20 heavy (non-hydrogen) atoms. The molecule has 110 valence electrons. The van der Waals surface area contributed by atoms with Crippen molar-refractivity contribution in [3.05, 3.63) is 30.1 Å². The van der Waals surface area contributed by atoms with Gasteiger partial charge in [-0.25, -0.2) is 4.39 Å². The minimum absolute atomic E-state index is 0.0493. The predicted octanol–water partition coefficient (Wildman–Crippen LogP) is 1.69. The Labute approximate surface area is 119 Å². The van der Waals surface area contributed by atoms with Gasteiger partial charge in [0, 0.05) is 24.8 Å². The molecule has 1 aliphatic rings. The van der Waals surface area contributed by atoms with E-state index in [-0.39, 0.29) is 11.7 Å². The van der Waals surface area contributed by atoms with Gasteiger partial charge < -0.3 is 10.6 Å². The second kappa shape index (κ2) is 6.81. The molecule has 2 rings (SSSR count). The average Bonchev–Trinajstić information content (AvgIpc) is 2.41. The maximum atomic E-state index is 12.8. The van der Waals surface area contributed by atoms with Crippen molar-refractivity contribution in [2.45, 2.75) is 19.4 Å². The largest absolute Gasteiger partial charge is 0.325 e. The van der Waals surface area contributed by atoms with Crippen LogP contribution in [0.1, 0.15) is 13.3 Å². The quantitative estimate of drug-likeness (QED) is 0.881. The summed E-state index contributed by atoms with van der Waals surface area (Å²) in [5.74, 6) is 0.185. The molecule has 1 aromatic rings. The van der Waals surface area contributed by atoms with Crippen LogP contribution in [0.5, 0.6) is 0 Å². The van der Waals surface area contributed by atoms with E-state index in [4.69, 9.17) is 0 Å². The van der Waals surface area contributed by atoms with Crippen LogP contribution in [-0.2, 0) is 4.79 Å². The van der Waals surface area contributed by atoms with Crippen LogP contribution in [0.4, 0.5) is 10.1 Å². The van der Waals surface area contributed by atoms with Crippen molar-refractivity contribution in [1.82, 2.24) is 10.2 Å².